The molecule has 0 aliphatic carbocycles. The summed E-state index contributed by atoms with van der Waals surface area (Å²) < 4.78 is 113. The van der Waals surface area contributed by atoms with E-state index < -0.39 is 33.8 Å². The molecule has 0 nitrogen and oxygen atoms in total. The summed E-state index contributed by atoms with van der Waals surface area (Å²) in [5.41, 5.74) is -5.67. The van der Waals surface area contributed by atoms with Gasteiger partial charge in [-0.15, -0.1) is 0 Å². The fourth-order valence-corrected chi connectivity index (χ4v) is 2.82. The Morgan fingerprint density at radius 2 is 1.25 bits per heavy atom. The molecule has 0 amide bonds. The largest absolute Gasteiger partial charge is 0.457 e. The lowest BCUT2D eigenvalue weighted by molar-refractivity contribution is -0.393. The normalized spacial score (nSPS) is 20.4. The first kappa shape index (κ1) is 20.1. The van der Waals surface area contributed by atoms with Gasteiger partial charge in [-0.1, -0.05) is 42.9 Å². The van der Waals surface area contributed by atoms with Gasteiger partial charge >= 0.3 is 18.3 Å². The first-order valence-electron chi connectivity index (χ1n) is 5.48. The first-order valence-corrected chi connectivity index (χ1v) is 6.73. The van der Waals surface area contributed by atoms with E-state index in [0.29, 0.717) is 6.92 Å². The third-order valence-electron chi connectivity index (χ3n) is 2.96. The van der Waals surface area contributed by atoms with Gasteiger partial charge in [-0.3, -0.25) is 0 Å². The van der Waals surface area contributed by atoms with Crippen molar-refractivity contribution in [2.45, 2.75) is 54.6 Å². The molecule has 0 heterocycles. The molecule has 3 atom stereocenters. The van der Waals surface area contributed by atoms with E-state index in [1.807, 2.05) is 0 Å². The summed E-state index contributed by atoms with van der Waals surface area (Å²) in [6.45, 7) is 1.91. The molecule has 0 bridgehead atoms. The van der Waals surface area contributed by atoms with Crippen LogP contribution in [0.15, 0.2) is 0 Å². The van der Waals surface area contributed by atoms with E-state index in [2.05, 4.69) is 0 Å². The van der Waals surface area contributed by atoms with E-state index in [0.717, 1.165) is 0 Å². The summed E-state index contributed by atoms with van der Waals surface area (Å²) in [5, 5.41) is 0. The molecular formula is C10H12F9I. The van der Waals surface area contributed by atoms with Crippen molar-refractivity contribution in [3.05, 3.63) is 0 Å². The Hall–Kier alpha value is 0.1000. The molecule has 0 radical (unpaired) electrons. The van der Waals surface area contributed by atoms with Crippen LogP contribution in [-0.2, 0) is 0 Å². The summed E-state index contributed by atoms with van der Waals surface area (Å²) >= 11 is 1.26. The van der Waals surface area contributed by atoms with Crippen molar-refractivity contribution in [2.75, 3.05) is 0 Å². The van der Waals surface area contributed by atoms with E-state index in [9.17, 15) is 39.5 Å². The van der Waals surface area contributed by atoms with Crippen molar-refractivity contribution in [2.24, 2.45) is 5.92 Å². The van der Waals surface area contributed by atoms with E-state index in [1.54, 1.807) is 0 Å². The van der Waals surface area contributed by atoms with Crippen LogP contribution in [0.1, 0.15) is 26.7 Å². The van der Waals surface area contributed by atoms with Crippen LogP contribution in [-0.4, -0.2) is 27.9 Å². The van der Waals surface area contributed by atoms with Crippen molar-refractivity contribution >= 4 is 22.6 Å². The molecule has 0 aliphatic heterocycles. The standard InChI is InChI=1S/C10H12F9I/c1-3-4-6(20)5(2)7(11,9(14,15)16)8(12,13)10(17,18)19/h5-6H,3-4H2,1-2H3. The maximum Gasteiger partial charge on any atom is 0.457 e. The van der Waals surface area contributed by atoms with Gasteiger partial charge < -0.3 is 0 Å². The Balaban J connectivity index is 5.91. The monoisotopic (exact) mass is 430 g/mol. The predicted octanol–water partition coefficient (Wildman–Crippen LogP) is 5.69. The second-order valence-electron chi connectivity index (χ2n) is 4.38. The second-order valence-corrected chi connectivity index (χ2v) is 5.97. The van der Waals surface area contributed by atoms with E-state index in [1.165, 1.54) is 29.5 Å². The molecule has 122 valence electrons. The molecule has 3 unspecified atom stereocenters. The summed E-state index contributed by atoms with van der Waals surface area (Å²) in [5.74, 6) is -9.07. The van der Waals surface area contributed by atoms with Gasteiger partial charge in [-0.25, -0.2) is 4.39 Å². The second kappa shape index (κ2) is 6.07. The Kier molecular flexibility index (Phi) is 6.10. The molecule has 0 fully saturated rings. The predicted molar refractivity (Wildman–Crippen MR) is 62.8 cm³/mol. The lowest BCUT2D eigenvalue weighted by Gasteiger charge is -2.41. The van der Waals surface area contributed by atoms with Crippen LogP contribution in [0.5, 0.6) is 0 Å². The minimum atomic E-state index is -6.63. The molecule has 0 saturated heterocycles. The van der Waals surface area contributed by atoms with Gasteiger partial charge in [-0.05, 0) is 6.42 Å². The fraction of sp³-hybridized carbons (Fsp3) is 1.00. The molecule has 0 spiro atoms. The molecule has 0 aromatic carbocycles. The van der Waals surface area contributed by atoms with Gasteiger partial charge in [0.1, 0.15) is 0 Å². The minimum absolute atomic E-state index is 0.114. The van der Waals surface area contributed by atoms with Crippen LogP contribution >= 0.6 is 22.6 Å². The van der Waals surface area contributed by atoms with Gasteiger partial charge in [0.2, 0.25) is 0 Å². The van der Waals surface area contributed by atoms with E-state index in [4.69, 9.17) is 0 Å². The van der Waals surface area contributed by atoms with Crippen LogP contribution in [0, 0.1) is 5.92 Å². The van der Waals surface area contributed by atoms with Crippen LogP contribution < -0.4 is 0 Å². The highest BCUT2D eigenvalue weighted by atomic mass is 127. The lowest BCUT2D eigenvalue weighted by Crippen LogP contribution is -2.66. The maximum atomic E-state index is 13.9. The highest BCUT2D eigenvalue weighted by Gasteiger charge is 2.82. The number of hydrogen-bond acceptors (Lipinski definition) is 0. The molecule has 0 N–H and O–H groups in total. The molecular weight excluding hydrogens is 418 g/mol. The zero-order valence-electron chi connectivity index (χ0n) is 10.3. The third-order valence-corrected chi connectivity index (χ3v) is 4.66. The van der Waals surface area contributed by atoms with Gasteiger partial charge in [0, 0.05) is 9.84 Å². The van der Waals surface area contributed by atoms with Crippen molar-refractivity contribution in [1.29, 1.82) is 0 Å². The van der Waals surface area contributed by atoms with E-state index >= 15 is 0 Å². The Morgan fingerprint density at radius 3 is 1.50 bits per heavy atom. The van der Waals surface area contributed by atoms with Gasteiger partial charge in [0.15, 0.2) is 0 Å². The highest BCUT2D eigenvalue weighted by Crippen LogP contribution is 2.57. The summed E-state index contributed by atoms with van der Waals surface area (Å²) in [6.07, 6.45) is -12.9. The Bertz CT molecular complexity index is 322. The summed E-state index contributed by atoms with van der Waals surface area (Å²) in [4.78, 5) is 0. The quantitative estimate of drug-likeness (QED) is 0.299. The molecule has 20 heavy (non-hydrogen) atoms. The number of halogens is 10. The Morgan fingerprint density at radius 1 is 0.850 bits per heavy atom. The number of alkyl halides is 10. The van der Waals surface area contributed by atoms with Crippen LogP contribution in [0.2, 0.25) is 0 Å². The van der Waals surface area contributed by atoms with E-state index in [-0.39, 0.29) is 12.8 Å². The molecule has 0 saturated carbocycles. The SMILES string of the molecule is CCCC(I)C(C)C(F)(C(F)(F)F)C(F)(F)C(F)(F)F. The smallest absolute Gasteiger partial charge is 0.226 e. The average Bonchev–Trinajstić information content (AvgIpc) is 2.23. The van der Waals surface area contributed by atoms with Crippen LogP contribution in [0.25, 0.3) is 0 Å². The third kappa shape index (κ3) is 3.29. The fourth-order valence-electron chi connectivity index (χ4n) is 1.70. The summed E-state index contributed by atoms with van der Waals surface area (Å²) in [7, 11) is 0. The van der Waals surface area contributed by atoms with Gasteiger partial charge in [-0.2, -0.15) is 35.1 Å². The van der Waals surface area contributed by atoms with Crippen molar-refractivity contribution in [1.82, 2.24) is 0 Å². The zero-order chi connectivity index (χ0) is 16.6. The molecule has 0 rings (SSSR count). The van der Waals surface area contributed by atoms with Gasteiger partial charge in [0.05, 0.1) is 0 Å². The molecule has 0 aromatic heterocycles. The van der Waals surface area contributed by atoms with Crippen molar-refractivity contribution < 1.29 is 39.5 Å². The molecule has 0 aliphatic rings. The lowest BCUT2D eigenvalue weighted by atomic mass is 9.80. The maximum absolute atomic E-state index is 13.9. The topological polar surface area (TPSA) is 0 Å². The Labute approximate surface area is 123 Å². The number of hydrogen-bond donors (Lipinski definition) is 0. The molecule has 10 heteroatoms. The summed E-state index contributed by atoms with van der Waals surface area (Å²) in [6, 6.07) is 0. The van der Waals surface area contributed by atoms with Crippen molar-refractivity contribution in [3.63, 3.8) is 0 Å². The van der Waals surface area contributed by atoms with Crippen LogP contribution in [0.4, 0.5) is 39.5 Å². The molecule has 0 aromatic rings. The van der Waals surface area contributed by atoms with Crippen molar-refractivity contribution in [3.8, 4) is 0 Å². The zero-order valence-corrected chi connectivity index (χ0v) is 12.5. The van der Waals surface area contributed by atoms with Crippen LogP contribution in [0.3, 0.4) is 0 Å². The van der Waals surface area contributed by atoms with Gasteiger partial charge in [0.25, 0.3) is 5.67 Å². The number of rotatable bonds is 5. The highest BCUT2D eigenvalue weighted by molar-refractivity contribution is 14.1. The minimum Gasteiger partial charge on any atom is -0.226 e. The first-order chi connectivity index (χ1) is 8.64. The average molecular weight is 430 g/mol.